The van der Waals surface area contributed by atoms with E-state index >= 15 is 0 Å². The number of nitrogens with one attached hydrogen (secondary N) is 1. The standard InChI is InChI=1S/C16H16ClIN2O/c17-11-4-7-15(18)14(9-11)16(20-19)10-2-1-3-13(8-10)21-12-5-6-12/h1-4,7-9,12,16,20H,5-6,19H2. The first-order valence-electron chi connectivity index (χ1n) is 6.85. The van der Waals surface area contributed by atoms with E-state index in [-0.39, 0.29) is 6.04 Å². The number of ether oxygens (including phenoxy) is 1. The van der Waals surface area contributed by atoms with E-state index in [1.54, 1.807) is 0 Å². The second-order valence-electron chi connectivity index (χ2n) is 5.16. The van der Waals surface area contributed by atoms with Crippen LogP contribution in [0.15, 0.2) is 42.5 Å². The fraction of sp³-hybridized carbons (Fsp3) is 0.250. The van der Waals surface area contributed by atoms with Gasteiger partial charge in [0, 0.05) is 8.59 Å². The van der Waals surface area contributed by atoms with Crippen LogP contribution in [0.5, 0.6) is 5.75 Å². The summed E-state index contributed by atoms with van der Waals surface area (Å²) in [4.78, 5) is 0. The Morgan fingerprint density at radius 3 is 2.76 bits per heavy atom. The van der Waals surface area contributed by atoms with Gasteiger partial charge in [-0.2, -0.15) is 0 Å². The fourth-order valence-electron chi connectivity index (χ4n) is 2.25. The maximum Gasteiger partial charge on any atom is 0.120 e. The number of hydrogen-bond acceptors (Lipinski definition) is 3. The van der Waals surface area contributed by atoms with Gasteiger partial charge in [0.1, 0.15) is 5.75 Å². The molecule has 2 aromatic rings. The van der Waals surface area contributed by atoms with Gasteiger partial charge in [-0.25, -0.2) is 5.43 Å². The first-order valence-corrected chi connectivity index (χ1v) is 8.31. The van der Waals surface area contributed by atoms with Crippen molar-refractivity contribution in [2.24, 2.45) is 5.84 Å². The first kappa shape index (κ1) is 15.1. The molecule has 0 bridgehead atoms. The number of benzene rings is 2. The Kier molecular flexibility index (Phi) is 4.69. The van der Waals surface area contributed by atoms with Gasteiger partial charge in [0.2, 0.25) is 0 Å². The Morgan fingerprint density at radius 1 is 1.24 bits per heavy atom. The number of hydrogen-bond donors (Lipinski definition) is 2. The normalized spacial score (nSPS) is 15.8. The van der Waals surface area contributed by atoms with E-state index in [4.69, 9.17) is 22.2 Å². The number of hydrazine groups is 1. The molecule has 110 valence electrons. The average Bonchev–Trinajstić information content (AvgIpc) is 3.28. The molecule has 1 aliphatic carbocycles. The van der Waals surface area contributed by atoms with Crippen LogP contribution >= 0.6 is 34.2 Å². The van der Waals surface area contributed by atoms with Gasteiger partial charge in [-0.3, -0.25) is 5.84 Å². The third-order valence-corrected chi connectivity index (χ3v) is 4.67. The monoisotopic (exact) mass is 414 g/mol. The van der Waals surface area contributed by atoms with E-state index in [0.717, 1.165) is 33.3 Å². The zero-order chi connectivity index (χ0) is 14.8. The van der Waals surface area contributed by atoms with E-state index < -0.39 is 0 Å². The van der Waals surface area contributed by atoms with Gasteiger partial charge in [-0.1, -0.05) is 23.7 Å². The molecule has 0 aliphatic heterocycles. The molecule has 0 spiro atoms. The van der Waals surface area contributed by atoms with E-state index in [0.29, 0.717) is 11.1 Å². The van der Waals surface area contributed by atoms with Crippen LogP contribution in [0.25, 0.3) is 0 Å². The van der Waals surface area contributed by atoms with Crippen LogP contribution in [0.1, 0.15) is 30.0 Å². The predicted molar refractivity (Wildman–Crippen MR) is 93.4 cm³/mol. The Labute approximate surface area is 142 Å². The van der Waals surface area contributed by atoms with Crippen molar-refractivity contribution in [1.82, 2.24) is 5.43 Å². The van der Waals surface area contributed by atoms with E-state index in [9.17, 15) is 0 Å². The maximum absolute atomic E-state index is 6.12. The molecule has 0 aromatic heterocycles. The molecule has 21 heavy (non-hydrogen) atoms. The topological polar surface area (TPSA) is 47.3 Å². The molecule has 0 amide bonds. The second-order valence-corrected chi connectivity index (χ2v) is 6.75. The highest BCUT2D eigenvalue weighted by Crippen LogP contribution is 2.32. The maximum atomic E-state index is 6.12. The zero-order valence-electron chi connectivity index (χ0n) is 11.4. The summed E-state index contributed by atoms with van der Waals surface area (Å²) in [6.45, 7) is 0. The lowest BCUT2D eigenvalue weighted by atomic mass is 9.99. The molecular formula is C16H16ClIN2O. The van der Waals surface area contributed by atoms with Crippen molar-refractivity contribution in [2.75, 3.05) is 0 Å². The Bertz CT molecular complexity index is 646. The quantitative estimate of drug-likeness (QED) is 0.441. The van der Waals surface area contributed by atoms with E-state index in [1.807, 2.05) is 42.5 Å². The molecule has 1 atom stereocenters. The first-order chi connectivity index (χ1) is 10.2. The lowest BCUT2D eigenvalue weighted by Gasteiger charge is -2.19. The highest BCUT2D eigenvalue weighted by molar-refractivity contribution is 14.1. The molecule has 1 aliphatic rings. The lowest BCUT2D eigenvalue weighted by Crippen LogP contribution is -2.29. The van der Waals surface area contributed by atoms with Gasteiger partial charge in [-0.05, 0) is 76.9 Å². The molecule has 1 saturated carbocycles. The second kappa shape index (κ2) is 6.52. The minimum absolute atomic E-state index is 0.113. The van der Waals surface area contributed by atoms with Crippen molar-refractivity contribution in [3.05, 3.63) is 62.2 Å². The highest BCUT2D eigenvalue weighted by atomic mass is 127. The summed E-state index contributed by atoms with van der Waals surface area (Å²) in [6, 6.07) is 13.8. The molecule has 5 heteroatoms. The third-order valence-electron chi connectivity index (χ3n) is 3.45. The van der Waals surface area contributed by atoms with Crippen molar-refractivity contribution < 1.29 is 4.74 Å². The van der Waals surface area contributed by atoms with E-state index in [2.05, 4.69) is 28.0 Å². The van der Waals surface area contributed by atoms with Gasteiger partial charge in [0.15, 0.2) is 0 Å². The molecule has 1 unspecified atom stereocenters. The van der Waals surface area contributed by atoms with Crippen LogP contribution < -0.4 is 16.0 Å². The minimum Gasteiger partial charge on any atom is -0.490 e. The van der Waals surface area contributed by atoms with Crippen LogP contribution in [-0.4, -0.2) is 6.10 Å². The number of halogens is 2. The molecule has 3 nitrogen and oxygen atoms in total. The lowest BCUT2D eigenvalue weighted by molar-refractivity contribution is 0.302. The molecule has 3 N–H and O–H groups in total. The van der Waals surface area contributed by atoms with Crippen LogP contribution in [0.3, 0.4) is 0 Å². The average molecular weight is 415 g/mol. The molecule has 2 aromatic carbocycles. The Balaban J connectivity index is 1.93. The summed E-state index contributed by atoms with van der Waals surface area (Å²) >= 11 is 8.41. The van der Waals surface area contributed by atoms with Crippen LogP contribution in [-0.2, 0) is 0 Å². The zero-order valence-corrected chi connectivity index (χ0v) is 14.3. The highest BCUT2D eigenvalue weighted by Gasteiger charge is 2.24. The predicted octanol–water partition coefficient (Wildman–Crippen LogP) is 4.04. The van der Waals surface area contributed by atoms with Crippen molar-refractivity contribution in [3.8, 4) is 5.75 Å². The molecule has 1 fully saturated rings. The fourth-order valence-corrected chi connectivity index (χ4v) is 3.07. The SMILES string of the molecule is NNC(c1cccc(OC2CC2)c1)c1cc(Cl)ccc1I. The van der Waals surface area contributed by atoms with Crippen molar-refractivity contribution in [2.45, 2.75) is 25.0 Å². The van der Waals surface area contributed by atoms with Crippen molar-refractivity contribution >= 4 is 34.2 Å². The van der Waals surface area contributed by atoms with Gasteiger partial charge in [-0.15, -0.1) is 0 Å². The molecule has 0 saturated heterocycles. The number of rotatable bonds is 5. The van der Waals surface area contributed by atoms with Gasteiger partial charge >= 0.3 is 0 Å². The van der Waals surface area contributed by atoms with Gasteiger partial charge in [0.25, 0.3) is 0 Å². The number of nitrogens with two attached hydrogens (primary N) is 1. The third kappa shape index (κ3) is 3.69. The Morgan fingerprint density at radius 2 is 2.05 bits per heavy atom. The van der Waals surface area contributed by atoms with Gasteiger partial charge < -0.3 is 4.74 Å². The van der Waals surface area contributed by atoms with Crippen LogP contribution in [0.4, 0.5) is 0 Å². The minimum atomic E-state index is -0.113. The molecule has 0 radical (unpaired) electrons. The summed E-state index contributed by atoms with van der Waals surface area (Å²) < 4.78 is 6.97. The summed E-state index contributed by atoms with van der Waals surface area (Å²) in [5, 5.41) is 0.705. The molecule has 3 rings (SSSR count). The van der Waals surface area contributed by atoms with Crippen molar-refractivity contribution in [3.63, 3.8) is 0 Å². The van der Waals surface area contributed by atoms with Crippen LogP contribution in [0, 0.1) is 3.57 Å². The molecule has 0 heterocycles. The summed E-state index contributed by atoms with van der Waals surface area (Å²) in [7, 11) is 0. The molecular weight excluding hydrogens is 399 g/mol. The van der Waals surface area contributed by atoms with E-state index in [1.165, 1.54) is 0 Å². The smallest absolute Gasteiger partial charge is 0.120 e. The Hall–Kier alpha value is -0.820. The van der Waals surface area contributed by atoms with Gasteiger partial charge in [0.05, 0.1) is 12.1 Å². The largest absolute Gasteiger partial charge is 0.490 e. The van der Waals surface area contributed by atoms with Crippen LogP contribution in [0.2, 0.25) is 5.02 Å². The summed E-state index contributed by atoms with van der Waals surface area (Å²) in [5.74, 6) is 6.68. The summed E-state index contributed by atoms with van der Waals surface area (Å²) in [5.41, 5.74) is 5.01. The summed E-state index contributed by atoms with van der Waals surface area (Å²) in [6.07, 6.45) is 2.68. The van der Waals surface area contributed by atoms with Crippen molar-refractivity contribution in [1.29, 1.82) is 0 Å².